The third-order valence-corrected chi connectivity index (χ3v) is 10.7. The van der Waals surface area contributed by atoms with Crippen molar-refractivity contribution in [2.24, 2.45) is 0 Å². The lowest BCUT2D eigenvalue weighted by Crippen LogP contribution is -2.45. The first-order valence-electron chi connectivity index (χ1n) is 11.7. The maximum absolute atomic E-state index is 12.0. The van der Waals surface area contributed by atoms with Crippen molar-refractivity contribution in [3.63, 3.8) is 0 Å². The molecule has 1 aliphatic rings. The monoisotopic (exact) mass is 440 g/mol. The molecule has 2 unspecified atom stereocenters. The molecule has 174 valence electrons. The molecule has 1 rings (SSSR count). The number of hydrogen-bond donors (Lipinski definition) is 0. The highest BCUT2D eigenvalue weighted by molar-refractivity contribution is 6.74. The number of carbonyl (C=O) groups excluding carboxylic acids is 2. The van der Waals surface area contributed by atoms with Gasteiger partial charge in [-0.25, -0.2) is 4.79 Å². The third-order valence-electron chi connectivity index (χ3n) is 6.24. The number of rotatable bonds is 14. The molecule has 0 radical (unpaired) electrons. The van der Waals surface area contributed by atoms with Crippen molar-refractivity contribution >= 4 is 20.3 Å². The lowest BCUT2D eigenvalue weighted by molar-refractivity contribution is -0.152. The van der Waals surface area contributed by atoms with Crippen molar-refractivity contribution in [2.45, 2.75) is 129 Å². The molecule has 0 bridgehead atoms. The van der Waals surface area contributed by atoms with Gasteiger partial charge in [0.15, 0.2) is 8.32 Å². The van der Waals surface area contributed by atoms with Crippen molar-refractivity contribution < 1.29 is 23.5 Å². The summed E-state index contributed by atoms with van der Waals surface area (Å²) in [6.45, 7) is 14.3. The molecular formula is C24H44O5Si. The van der Waals surface area contributed by atoms with Crippen molar-refractivity contribution in [3.05, 3.63) is 11.6 Å². The topological polar surface area (TPSA) is 61.8 Å². The second-order valence-electron chi connectivity index (χ2n) is 10.0. The van der Waals surface area contributed by atoms with Gasteiger partial charge in [0, 0.05) is 18.6 Å². The normalized spacial score (nSPS) is 18.2. The van der Waals surface area contributed by atoms with Crippen LogP contribution in [-0.2, 0) is 23.5 Å². The van der Waals surface area contributed by atoms with E-state index in [1.807, 2.05) is 0 Å². The van der Waals surface area contributed by atoms with Crippen LogP contribution in [0.1, 0.15) is 98.8 Å². The van der Waals surface area contributed by atoms with E-state index in [9.17, 15) is 9.59 Å². The zero-order valence-corrected chi connectivity index (χ0v) is 21.3. The van der Waals surface area contributed by atoms with Crippen molar-refractivity contribution in [1.29, 1.82) is 0 Å². The van der Waals surface area contributed by atoms with Crippen LogP contribution < -0.4 is 0 Å². The average molecular weight is 441 g/mol. The maximum atomic E-state index is 12.0. The summed E-state index contributed by atoms with van der Waals surface area (Å²) in [7, 11) is -2.15. The van der Waals surface area contributed by atoms with E-state index in [1.165, 1.54) is 57.9 Å². The van der Waals surface area contributed by atoms with E-state index in [0.29, 0.717) is 12.0 Å². The first-order chi connectivity index (χ1) is 14.0. The van der Waals surface area contributed by atoms with Crippen LogP contribution in [0.15, 0.2) is 11.6 Å². The molecular weight excluding hydrogens is 396 g/mol. The minimum absolute atomic E-state index is 0.0127. The molecule has 0 aromatic heterocycles. The van der Waals surface area contributed by atoms with Crippen LogP contribution in [0, 0.1) is 0 Å². The van der Waals surface area contributed by atoms with Crippen LogP contribution in [0.5, 0.6) is 0 Å². The van der Waals surface area contributed by atoms with Gasteiger partial charge < -0.3 is 13.9 Å². The molecule has 0 saturated carbocycles. The van der Waals surface area contributed by atoms with Gasteiger partial charge in [0.2, 0.25) is 6.29 Å². The second-order valence-corrected chi connectivity index (χ2v) is 14.8. The lowest BCUT2D eigenvalue weighted by atomic mass is 10.0. The fourth-order valence-corrected chi connectivity index (χ4v) is 4.40. The smallest absolute Gasteiger partial charge is 0.333 e. The summed E-state index contributed by atoms with van der Waals surface area (Å²) < 4.78 is 17.4. The first kappa shape index (κ1) is 26.9. The van der Waals surface area contributed by atoms with E-state index in [0.717, 1.165) is 12.8 Å². The highest BCUT2D eigenvalue weighted by Gasteiger charge is 2.44. The van der Waals surface area contributed by atoms with Crippen LogP contribution >= 0.6 is 0 Å². The summed E-state index contributed by atoms with van der Waals surface area (Å²) >= 11 is 0. The van der Waals surface area contributed by atoms with Crippen LogP contribution in [0.3, 0.4) is 0 Å². The molecule has 0 aromatic carbocycles. The summed E-state index contributed by atoms with van der Waals surface area (Å²) in [5.74, 6) is -0.764. The standard InChI is InChI=1S/C24H44O5Si/c1-8-9-10-11-12-13-14-15-16-17-21(27-19(2)25)20-18-22(26)28-23(20)29-30(6,7)24(3,4)5/h18,21,23H,8-17H2,1-7H3. The Morgan fingerprint density at radius 3 is 2.10 bits per heavy atom. The molecule has 5 nitrogen and oxygen atoms in total. The lowest BCUT2D eigenvalue weighted by Gasteiger charge is -2.38. The summed E-state index contributed by atoms with van der Waals surface area (Å²) in [5.41, 5.74) is 0.652. The van der Waals surface area contributed by atoms with Gasteiger partial charge in [-0.1, -0.05) is 79.1 Å². The van der Waals surface area contributed by atoms with Crippen molar-refractivity contribution in [2.75, 3.05) is 0 Å². The predicted molar refractivity (Wildman–Crippen MR) is 124 cm³/mol. The van der Waals surface area contributed by atoms with Crippen LogP contribution in [0.25, 0.3) is 0 Å². The Labute approximate surface area is 185 Å². The summed E-state index contributed by atoms with van der Waals surface area (Å²) in [6, 6.07) is 0. The quantitative estimate of drug-likeness (QED) is 0.171. The Balaban J connectivity index is 2.62. The average Bonchev–Trinajstić information content (AvgIpc) is 2.97. The molecule has 0 N–H and O–H groups in total. The van der Waals surface area contributed by atoms with E-state index in [4.69, 9.17) is 13.9 Å². The Kier molecular flexibility index (Phi) is 11.3. The Hall–Kier alpha value is -1.14. The maximum Gasteiger partial charge on any atom is 0.333 e. The number of hydrogen-bond acceptors (Lipinski definition) is 5. The zero-order valence-electron chi connectivity index (χ0n) is 20.3. The molecule has 6 heteroatoms. The Bertz CT molecular complexity index is 577. The highest BCUT2D eigenvalue weighted by Crippen LogP contribution is 2.39. The van der Waals surface area contributed by atoms with E-state index in [-0.39, 0.29) is 11.0 Å². The van der Waals surface area contributed by atoms with Gasteiger partial charge in [-0.2, -0.15) is 0 Å². The first-order valence-corrected chi connectivity index (χ1v) is 14.7. The highest BCUT2D eigenvalue weighted by atomic mass is 28.4. The number of carbonyl (C=O) groups is 2. The molecule has 0 spiro atoms. The SMILES string of the molecule is CCCCCCCCCCCC(OC(C)=O)C1=CC(=O)OC1O[Si](C)(C)C(C)(C)C. The molecule has 0 amide bonds. The van der Waals surface area contributed by atoms with Crippen LogP contribution in [0.2, 0.25) is 18.1 Å². The molecule has 30 heavy (non-hydrogen) atoms. The fourth-order valence-electron chi connectivity index (χ4n) is 3.33. The van der Waals surface area contributed by atoms with Gasteiger partial charge in [0.25, 0.3) is 0 Å². The summed E-state index contributed by atoms with van der Waals surface area (Å²) in [6.07, 6.45) is 12.0. The number of esters is 2. The molecule has 0 aliphatic carbocycles. The predicted octanol–water partition coefficient (Wildman–Crippen LogP) is 6.67. The number of ether oxygens (including phenoxy) is 2. The molecule has 0 saturated heterocycles. The van der Waals surface area contributed by atoms with Gasteiger partial charge in [-0.3, -0.25) is 4.79 Å². The molecule has 0 aromatic rings. The Morgan fingerprint density at radius 2 is 1.60 bits per heavy atom. The van der Waals surface area contributed by atoms with Gasteiger partial charge >= 0.3 is 11.9 Å². The molecule has 2 atom stereocenters. The van der Waals surface area contributed by atoms with E-state index in [1.54, 1.807) is 0 Å². The summed E-state index contributed by atoms with van der Waals surface area (Å²) in [4.78, 5) is 23.7. The van der Waals surface area contributed by atoms with Gasteiger partial charge in [-0.05, 0) is 31.0 Å². The van der Waals surface area contributed by atoms with Crippen LogP contribution in [0.4, 0.5) is 0 Å². The fraction of sp³-hybridized carbons (Fsp3) is 0.833. The second kappa shape index (κ2) is 12.6. The van der Waals surface area contributed by atoms with Crippen molar-refractivity contribution in [1.82, 2.24) is 0 Å². The molecule has 1 aliphatic heterocycles. The van der Waals surface area contributed by atoms with Gasteiger partial charge in [0.1, 0.15) is 6.10 Å². The third kappa shape index (κ3) is 9.34. The molecule has 0 fully saturated rings. The van der Waals surface area contributed by atoms with E-state index in [2.05, 4.69) is 40.8 Å². The summed E-state index contributed by atoms with van der Waals surface area (Å²) in [5, 5.41) is -0.0127. The zero-order chi connectivity index (χ0) is 22.8. The largest absolute Gasteiger partial charge is 0.458 e. The van der Waals surface area contributed by atoms with E-state index >= 15 is 0 Å². The van der Waals surface area contributed by atoms with Gasteiger partial charge in [-0.15, -0.1) is 0 Å². The molecule has 1 heterocycles. The minimum Gasteiger partial charge on any atom is -0.458 e. The van der Waals surface area contributed by atoms with Gasteiger partial charge in [0.05, 0.1) is 0 Å². The number of cyclic esters (lactones) is 1. The van der Waals surface area contributed by atoms with Crippen LogP contribution in [-0.4, -0.2) is 32.6 Å². The van der Waals surface area contributed by atoms with E-state index < -0.39 is 26.7 Å². The minimum atomic E-state index is -2.15. The van der Waals surface area contributed by atoms with Crippen molar-refractivity contribution in [3.8, 4) is 0 Å². The Morgan fingerprint density at radius 1 is 1.07 bits per heavy atom. The number of unbranched alkanes of at least 4 members (excludes halogenated alkanes) is 8.